The fourth-order valence-corrected chi connectivity index (χ4v) is 7.57. The molecule has 1 unspecified atom stereocenters. The summed E-state index contributed by atoms with van der Waals surface area (Å²) in [5, 5.41) is 9.53. The van der Waals surface area contributed by atoms with Crippen molar-refractivity contribution in [1.29, 1.82) is 0 Å². The monoisotopic (exact) mass is 304 g/mol. The van der Waals surface area contributed by atoms with Crippen LogP contribution < -0.4 is 0 Å². The molecule has 1 N–H and O–H groups in total. The van der Waals surface area contributed by atoms with E-state index in [4.69, 9.17) is 0 Å². The van der Waals surface area contributed by atoms with Gasteiger partial charge in [0.1, 0.15) is 0 Å². The molecule has 0 aliphatic heterocycles. The van der Waals surface area contributed by atoms with Crippen LogP contribution in [0, 0.1) is 40.4 Å². The molecule has 0 saturated heterocycles. The molecule has 0 aromatic heterocycles. The zero-order chi connectivity index (χ0) is 15.5. The lowest BCUT2D eigenvalue weighted by Gasteiger charge is -2.60. The number of rotatable bonds is 1. The number of carboxylic acid groups (broad SMARTS) is 1. The van der Waals surface area contributed by atoms with Gasteiger partial charge in [-0.1, -0.05) is 20.3 Å². The van der Waals surface area contributed by atoms with Crippen LogP contribution in [0.15, 0.2) is 0 Å². The Hall–Kier alpha value is -0.530. The van der Waals surface area contributed by atoms with Crippen LogP contribution in [-0.2, 0) is 4.79 Å². The first-order chi connectivity index (χ1) is 10.4. The van der Waals surface area contributed by atoms with E-state index in [1.54, 1.807) is 0 Å². The van der Waals surface area contributed by atoms with E-state index in [0.29, 0.717) is 10.8 Å². The Kier molecular flexibility index (Phi) is 3.40. The van der Waals surface area contributed by atoms with Crippen molar-refractivity contribution in [2.75, 3.05) is 0 Å². The van der Waals surface area contributed by atoms with Crippen molar-refractivity contribution in [2.24, 2.45) is 40.4 Å². The van der Waals surface area contributed by atoms with Crippen LogP contribution in [0.25, 0.3) is 0 Å². The molecular formula is C20H32O2. The molecule has 2 heteroatoms. The smallest absolute Gasteiger partial charge is 0.306 e. The highest BCUT2D eigenvalue weighted by molar-refractivity contribution is 5.70. The Balaban J connectivity index is 1.62. The Morgan fingerprint density at radius 3 is 2.50 bits per heavy atom. The van der Waals surface area contributed by atoms with Gasteiger partial charge in [0.25, 0.3) is 0 Å². The molecule has 4 saturated carbocycles. The molecule has 0 spiro atoms. The summed E-state index contributed by atoms with van der Waals surface area (Å²) in [6.45, 7) is 5.03. The second-order valence-electron chi connectivity index (χ2n) is 9.56. The lowest BCUT2D eigenvalue weighted by Crippen LogP contribution is -2.53. The van der Waals surface area contributed by atoms with Crippen molar-refractivity contribution in [3.8, 4) is 0 Å². The third kappa shape index (κ3) is 2.01. The molecule has 124 valence electrons. The van der Waals surface area contributed by atoms with Crippen molar-refractivity contribution < 1.29 is 9.90 Å². The lowest BCUT2D eigenvalue weighted by molar-refractivity contribution is -0.153. The molecule has 0 bridgehead atoms. The van der Waals surface area contributed by atoms with E-state index >= 15 is 0 Å². The van der Waals surface area contributed by atoms with E-state index in [1.807, 2.05) is 0 Å². The van der Waals surface area contributed by atoms with Crippen LogP contribution in [0.4, 0.5) is 0 Å². The molecule has 22 heavy (non-hydrogen) atoms. The Morgan fingerprint density at radius 2 is 1.73 bits per heavy atom. The summed E-state index contributed by atoms with van der Waals surface area (Å²) >= 11 is 0. The van der Waals surface area contributed by atoms with Gasteiger partial charge in [0, 0.05) is 0 Å². The van der Waals surface area contributed by atoms with Crippen LogP contribution in [0.2, 0.25) is 0 Å². The summed E-state index contributed by atoms with van der Waals surface area (Å²) in [5.41, 5.74) is 0.930. The Labute approximate surface area is 135 Å². The van der Waals surface area contributed by atoms with Gasteiger partial charge in [-0.2, -0.15) is 0 Å². The number of hydrogen-bond donors (Lipinski definition) is 1. The van der Waals surface area contributed by atoms with Crippen LogP contribution >= 0.6 is 0 Å². The summed E-state index contributed by atoms with van der Waals surface area (Å²) in [6.07, 6.45) is 12.9. The van der Waals surface area contributed by atoms with Crippen molar-refractivity contribution in [3.63, 3.8) is 0 Å². The predicted octanol–water partition coefficient (Wildman–Crippen LogP) is 5.12. The van der Waals surface area contributed by atoms with E-state index in [1.165, 1.54) is 51.4 Å². The van der Waals surface area contributed by atoms with Gasteiger partial charge in [-0.3, -0.25) is 4.79 Å². The van der Waals surface area contributed by atoms with Crippen molar-refractivity contribution in [3.05, 3.63) is 0 Å². The highest BCUT2D eigenvalue weighted by atomic mass is 16.4. The standard InChI is InChI=1S/C20H32O2/c1-19-10-3-4-16(19)15-8-7-14-6-5-13(18(21)22)12-20(14,2)17(15)9-11-19/h13-17H,3-12H2,1-2H3,(H,21,22)/t13?,14-,15+,16+,17+,19+,20+/m1/s1. The number of carboxylic acids is 1. The molecule has 0 amide bonds. The molecule has 0 heterocycles. The van der Waals surface area contributed by atoms with E-state index in [2.05, 4.69) is 13.8 Å². The second kappa shape index (κ2) is 4.98. The third-order valence-electron chi connectivity index (χ3n) is 8.75. The van der Waals surface area contributed by atoms with Crippen molar-refractivity contribution in [2.45, 2.75) is 78.1 Å². The molecule has 4 aliphatic rings. The van der Waals surface area contributed by atoms with Gasteiger partial charge in [0.05, 0.1) is 5.92 Å². The summed E-state index contributed by atoms with van der Waals surface area (Å²) in [5.74, 6) is 2.84. The van der Waals surface area contributed by atoms with Gasteiger partial charge in [-0.05, 0) is 92.3 Å². The van der Waals surface area contributed by atoms with E-state index in [9.17, 15) is 9.90 Å². The average molecular weight is 304 g/mol. The van der Waals surface area contributed by atoms with Crippen LogP contribution in [0.3, 0.4) is 0 Å². The van der Waals surface area contributed by atoms with Gasteiger partial charge in [-0.25, -0.2) is 0 Å². The molecule has 0 aromatic carbocycles. The van der Waals surface area contributed by atoms with Crippen molar-refractivity contribution >= 4 is 5.97 Å². The zero-order valence-electron chi connectivity index (χ0n) is 14.3. The van der Waals surface area contributed by atoms with Gasteiger partial charge in [0.2, 0.25) is 0 Å². The minimum atomic E-state index is -0.539. The number of fused-ring (bicyclic) bond motifs is 5. The lowest BCUT2D eigenvalue weighted by atomic mass is 9.44. The zero-order valence-corrected chi connectivity index (χ0v) is 14.3. The van der Waals surface area contributed by atoms with Gasteiger partial charge >= 0.3 is 5.97 Å². The van der Waals surface area contributed by atoms with E-state index in [0.717, 1.165) is 36.5 Å². The molecule has 7 atom stereocenters. The fourth-order valence-electron chi connectivity index (χ4n) is 7.57. The minimum Gasteiger partial charge on any atom is -0.481 e. The summed E-state index contributed by atoms with van der Waals surface area (Å²) in [6, 6.07) is 0. The highest BCUT2D eigenvalue weighted by Crippen LogP contribution is 2.66. The first-order valence-corrected chi connectivity index (χ1v) is 9.67. The average Bonchev–Trinajstić information content (AvgIpc) is 2.87. The second-order valence-corrected chi connectivity index (χ2v) is 9.56. The number of carbonyl (C=O) groups is 1. The maximum absolute atomic E-state index is 11.6. The fraction of sp³-hybridized carbons (Fsp3) is 0.950. The minimum absolute atomic E-state index is 0.0723. The highest BCUT2D eigenvalue weighted by Gasteiger charge is 2.58. The normalized spacial score (nSPS) is 54.2. The molecular weight excluding hydrogens is 272 g/mol. The number of aliphatic carboxylic acids is 1. The first-order valence-electron chi connectivity index (χ1n) is 9.67. The topological polar surface area (TPSA) is 37.3 Å². The van der Waals surface area contributed by atoms with Gasteiger partial charge in [0.15, 0.2) is 0 Å². The van der Waals surface area contributed by atoms with E-state index < -0.39 is 5.97 Å². The van der Waals surface area contributed by atoms with Crippen LogP contribution in [-0.4, -0.2) is 11.1 Å². The summed E-state index contributed by atoms with van der Waals surface area (Å²) < 4.78 is 0. The Morgan fingerprint density at radius 1 is 0.955 bits per heavy atom. The predicted molar refractivity (Wildman–Crippen MR) is 87.5 cm³/mol. The molecule has 4 rings (SSSR count). The molecule has 0 aromatic rings. The SMILES string of the molecule is C[C@@]12CCC[C@H]1[C@@H]1CC[C@H]3CCC(C(=O)O)C[C@]3(C)[C@H]1CC2. The summed E-state index contributed by atoms with van der Waals surface area (Å²) in [4.78, 5) is 11.6. The molecule has 4 aliphatic carbocycles. The maximum atomic E-state index is 11.6. The largest absolute Gasteiger partial charge is 0.481 e. The molecule has 2 nitrogen and oxygen atoms in total. The van der Waals surface area contributed by atoms with Crippen LogP contribution in [0.5, 0.6) is 0 Å². The third-order valence-corrected chi connectivity index (χ3v) is 8.75. The number of hydrogen-bond acceptors (Lipinski definition) is 1. The molecule has 4 fully saturated rings. The van der Waals surface area contributed by atoms with Gasteiger partial charge < -0.3 is 5.11 Å². The van der Waals surface area contributed by atoms with Crippen LogP contribution in [0.1, 0.15) is 78.1 Å². The Bertz CT molecular complexity index is 472. The molecule has 0 radical (unpaired) electrons. The quantitative estimate of drug-likeness (QED) is 0.730. The summed E-state index contributed by atoms with van der Waals surface area (Å²) in [7, 11) is 0. The van der Waals surface area contributed by atoms with Gasteiger partial charge in [-0.15, -0.1) is 0 Å². The first kappa shape index (κ1) is 15.0. The van der Waals surface area contributed by atoms with Crippen molar-refractivity contribution in [1.82, 2.24) is 0 Å². The van der Waals surface area contributed by atoms with E-state index in [-0.39, 0.29) is 5.92 Å². The maximum Gasteiger partial charge on any atom is 0.306 e.